The van der Waals surface area contributed by atoms with Crippen LogP contribution in [0.1, 0.15) is 61.9 Å². The lowest BCUT2D eigenvalue weighted by Gasteiger charge is -2.30. The first-order chi connectivity index (χ1) is 15.9. The molecule has 1 amide bonds. The molecule has 1 aromatic heterocycles. The lowest BCUT2D eigenvalue weighted by molar-refractivity contribution is -0.131. The van der Waals surface area contributed by atoms with Gasteiger partial charge in [0.25, 0.3) is 0 Å². The number of benzene rings is 1. The summed E-state index contributed by atoms with van der Waals surface area (Å²) in [5.41, 5.74) is 6.62. The maximum Gasteiger partial charge on any atom is 0.449 e. The standard InChI is InChI=1S/C25H30N2O5S/c1-3-16-31-33(29,30)32-21-9-10-22-20(17-21)8-7-19-6-5-13-26-25(19)24(22)18-11-14-27(15-12-18)23(28)4-2/h5-6,9-10,13,17H,3-4,7-8,11-12,14-16H2,1-2H3. The van der Waals surface area contributed by atoms with Gasteiger partial charge in [0.1, 0.15) is 5.75 Å². The van der Waals surface area contributed by atoms with Crippen LogP contribution in [0.3, 0.4) is 0 Å². The third-order valence-electron chi connectivity index (χ3n) is 6.14. The molecule has 0 N–H and O–H groups in total. The highest BCUT2D eigenvalue weighted by atomic mass is 32.3. The van der Waals surface area contributed by atoms with E-state index >= 15 is 0 Å². The number of hydrogen-bond donors (Lipinski definition) is 0. The molecule has 1 fully saturated rings. The third kappa shape index (κ3) is 5.28. The van der Waals surface area contributed by atoms with E-state index < -0.39 is 10.4 Å². The number of hydrogen-bond acceptors (Lipinski definition) is 6. The molecule has 1 saturated heterocycles. The van der Waals surface area contributed by atoms with Crippen molar-refractivity contribution >= 4 is 21.9 Å². The van der Waals surface area contributed by atoms with Gasteiger partial charge >= 0.3 is 10.4 Å². The second-order valence-electron chi connectivity index (χ2n) is 8.36. The molecular weight excluding hydrogens is 440 g/mol. The number of nitrogens with zero attached hydrogens (tertiary/aromatic N) is 2. The molecule has 1 aliphatic heterocycles. The SMILES string of the molecule is CCCOS(=O)(=O)Oc1ccc2c(c1)CCc1cccnc1C2=C1CCN(C(=O)CC)CC1. The molecule has 2 heterocycles. The molecule has 176 valence electrons. The smallest absolute Gasteiger partial charge is 0.362 e. The Bertz CT molecular complexity index is 1160. The largest absolute Gasteiger partial charge is 0.449 e. The van der Waals surface area contributed by atoms with E-state index in [0.717, 1.165) is 48.1 Å². The number of fused-ring (bicyclic) bond motifs is 2. The Hall–Kier alpha value is -2.71. The minimum atomic E-state index is -4.10. The van der Waals surface area contributed by atoms with E-state index in [2.05, 4.69) is 6.07 Å². The third-order valence-corrected chi connectivity index (χ3v) is 7.00. The minimum absolute atomic E-state index is 0.0854. The fourth-order valence-corrected chi connectivity index (χ4v) is 5.28. The summed E-state index contributed by atoms with van der Waals surface area (Å²) in [6.07, 6.45) is 6.06. The molecule has 0 bridgehead atoms. The Morgan fingerprint density at radius 2 is 1.82 bits per heavy atom. The molecule has 8 heteroatoms. The van der Waals surface area contributed by atoms with Crippen LogP contribution in [0, 0.1) is 0 Å². The van der Waals surface area contributed by atoms with Gasteiger partial charge < -0.3 is 9.08 Å². The summed E-state index contributed by atoms with van der Waals surface area (Å²) < 4.78 is 34.3. The summed E-state index contributed by atoms with van der Waals surface area (Å²) in [5, 5.41) is 0. The number of amides is 1. The molecule has 2 aliphatic rings. The molecule has 0 spiro atoms. The zero-order chi connectivity index (χ0) is 23.4. The van der Waals surface area contributed by atoms with Gasteiger partial charge in [0.15, 0.2) is 0 Å². The van der Waals surface area contributed by atoms with Gasteiger partial charge in [-0.25, -0.2) is 4.18 Å². The van der Waals surface area contributed by atoms with Crippen molar-refractivity contribution in [2.24, 2.45) is 0 Å². The zero-order valence-electron chi connectivity index (χ0n) is 19.2. The van der Waals surface area contributed by atoms with Gasteiger partial charge in [-0.05, 0) is 67.0 Å². The molecule has 4 rings (SSSR count). The van der Waals surface area contributed by atoms with Gasteiger partial charge in [0.05, 0.1) is 12.3 Å². The Kier molecular flexibility index (Phi) is 7.14. The highest BCUT2D eigenvalue weighted by Gasteiger charge is 2.26. The van der Waals surface area contributed by atoms with Crippen LogP contribution >= 0.6 is 0 Å². The highest BCUT2D eigenvalue weighted by molar-refractivity contribution is 7.82. The van der Waals surface area contributed by atoms with E-state index in [1.807, 2.05) is 37.1 Å². The van der Waals surface area contributed by atoms with Crippen LogP contribution in [0.25, 0.3) is 5.57 Å². The Balaban J connectivity index is 1.71. The van der Waals surface area contributed by atoms with E-state index in [-0.39, 0.29) is 18.3 Å². The van der Waals surface area contributed by atoms with Crippen LogP contribution < -0.4 is 4.18 Å². The van der Waals surface area contributed by atoms with Crippen molar-refractivity contribution in [3.63, 3.8) is 0 Å². The fourth-order valence-electron chi connectivity index (χ4n) is 4.52. The average molecular weight is 471 g/mol. The van der Waals surface area contributed by atoms with Gasteiger partial charge in [0, 0.05) is 31.3 Å². The lowest BCUT2D eigenvalue weighted by Crippen LogP contribution is -2.36. The summed E-state index contributed by atoms with van der Waals surface area (Å²) >= 11 is 0. The van der Waals surface area contributed by atoms with Crippen LogP contribution in [0.5, 0.6) is 5.75 Å². The van der Waals surface area contributed by atoms with E-state index in [9.17, 15) is 13.2 Å². The summed E-state index contributed by atoms with van der Waals surface area (Å²) in [6, 6.07) is 9.45. The Morgan fingerprint density at radius 3 is 2.55 bits per heavy atom. The summed E-state index contributed by atoms with van der Waals surface area (Å²) in [7, 11) is -4.10. The van der Waals surface area contributed by atoms with Crippen LogP contribution in [0.2, 0.25) is 0 Å². The monoisotopic (exact) mass is 470 g/mol. The highest BCUT2D eigenvalue weighted by Crippen LogP contribution is 2.39. The van der Waals surface area contributed by atoms with Crippen molar-refractivity contribution < 1.29 is 21.6 Å². The molecule has 1 aromatic carbocycles. The lowest BCUT2D eigenvalue weighted by atomic mass is 9.88. The normalized spacial score (nSPS) is 16.1. The molecule has 0 radical (unpaired) electrons. The molecule has 2 aromatic rings. The van der Waals surface area contributed by atoms with E-state index in [1.54, 1.807) is 12.1 Å². The maximum atomic E-state index is 12.1. The Labute approximate surface area is 195 Å². The van der Waals surface area contributed by atoms with Crippen molar-refractivity contribution in [2.75, 3.05) is 19.7 Å². The van der Waals surface area contributed by atoms with E-state index in [1.165, 1.54) is 11.1 Å². The predicted molar refractivity (Wildman–Crippen MR) is 126 cm³/mol. The number of piperidine rings is 1. The van der Waals surface area contributed by atoms with Crippen molar-refractivity contribution in [1.29, 1.82) is 0 Å². The van der Waals surface area contributed by atoms with Gasteiger partial charge in [-0.2, -0.15) is 8.42 Å². The zero-order valence-corrected chi connectivity index (χ0v) is 20.0. The van der Waals surface area contributed by atoms with Crippen molar-refractivity contribution in [3.8, 4) is 5.75 Å². The first-order valence-electron chi connectivity index (χ1n) is 11.6. The van der Waals surface area contributed by atoms with Crippen molar-refractivity contribution in [2.45, 2.75) is 52.4 Å². The summed E-state index contributed by atoms with van der Waals surface area (Å²) in [4.78, 5) is 18.8. The van der Waals surface area contributed by atoms with Gasteiger partial charge in [-0.3, -0.25) is 9.78 Å². The van der Waals surface area contributed by atoms with E-state index in [0.29, 0.717) is 25.9 Å². The quantitative estimate of drug-likeness (QED) is 0.633. The van der Waals surface area contributed by atoms with Gasteiger partial charge in [-0.15, -0.1) is 0 Å². The topological polar surface area (TPSA) is 85.8 Å². The number of likely N-dealkylation sites (tertiary alicyclic amines) is 1. The first kappa shape index (κ1) is 23.4. The minimum Gasteiger partial charge on any atom is -0.362 e. The molecule has 0 unspecified atom stereocenters. The number of aromatic nitrogens is 1. The number of aryl methyl sites for hydroxylation is 2. The van der Waals surface area contributed by atoms with Crippen molar-refractivity contribution in [3.05, 3.63) is 64.5 Å². The number of carbonyl (C=O) groups is 1. The number of pyridine rings is 1. The second-order valence-corrected chi connectivity index (χ2v) is 9.58. The van der Waals surface area contributed by atoms with E-state index in [4.69, 9.17) is 13.4 Å². The van der Waals surface area contributed by atoms with Crippen LogP contribution in [-0.4, -0.2) is 43.9 Å². The van der Waals surface area contributed by atoms with Crippen LogP contribution in [-0.2, 0) is 32.2 Å². The van der Waals surface area contributed by atoms with Gasteiger partial charge in [-0.1, -0.05) is 31.6 Å². The molecule has 33 heavy (non-hydrogen) atoms. The molecule has 0 atom stereocenters. The molecule has 7 nitrogen and oxygen atoms in total. The molecule has 1 aliphatic carbocycles. The summed E-state index contributed by atoms with van der Waals surface area (Å²) in [6.45, 7) is 5.23. The average Bonchev–Trinajstić information content (AvgIpc) is 2.99. The Morgan fingerprint density at radius 1 is 1.06 bits per heavy atom. The predicted octanol–water partition coefficient (Wildman–Crippen LogP) is 4.06. The molecule has 0 saturated carbocycles. The van der Waals surface area contributed by atoms with Crippen LogP contribution in [0.15, 0.2) is 42.1 Å². The second kappa shape index (κ2) is 10.1. The number of carbonyl (C=O) groups excluding carboxylic acids is 1. The maximum absolute atomic E-state index is 12.1. The first-order valence-corrected chi connectivity index (χ1v) is 12.9. The van der Waals surface area contributed by atoms with Gasteiger partial charge in [0.2, 0.25) is 5.91 Å². The number of rotatable bonds is 6. The summed E-state index contributed by atoms with van der Waals surface area (Å²) in [5.74, 6) is 0.434. The fraction of sp³-hybridized carbons (Fsp3) is 0.440. The van der Waals surface area contributed by atoms with Crippen LogP contribution in [0.4, 0.5) is 0 Å². The molecular formula is C25H30N2O5S. The van der Waals surface area contributed by atoms with Crippen molar-refractivity contribution in [1.82, 2.24) is 9.88 Å².